The minimum atomic E-state index is -4.41. The summed E-state index contributed by atoms with van der Waals surface area (Å²) >= 11 is 0. The van der Waals surface area contributed by atoms with Gasteiger partial charge in [0.25, 0.3) is 0 Å². The molecule has 1 atom stereocenters. The average Bonchev–Trinajstić information content (AvgIpc) is 3.16. The van der Waals surface area contributed by atoms with E-state index >= 15 is 0 Å². The highest BCUT2D eigenvalue weighted by molar-refractivity contribution is 6.02. The number of azo groups is 3. The van der Waals surface area contributed by atoms with Gasteiger partial charge in [0.2, 0.25) is 0 Å². The lowest BCUT2D eigenvalue weighted by Gasteiger charge is -2.15. The van der Waals surface area contributed by atoms with E-state index in [9.17, 15) is 13.2 Å². The Hall–Kier alpha value is -6.29. The summed E-state index contributed by atoms with van der Waals surface area (Å²) in [6, 6.07) is 40.0. The Morgan fingerprint density at radius 1 is 0.471 bits per heavy atom. The molecule has 7 aromatic carbocycles. The fourth-order valence-electron chi connectivity index (χ4n) is 5.79. The van der Waals surface area contributed by atoms with E-state index in [-0.39, 0.29) is 0 Å². The fourth-order valence-corrected chi connectivity index (χ4v) is 5.79. The van der Waals surface area contributed by atoms with E-state index in [1.54, 1.807) is 12.1 Å². The van der Waals surface area contributed by atoms with Gasteiger partial charge < -0.3 is 5.32 Å². The smallest absolute Gasteiger partial charge is 0.382 e. The molecule has 0 aliphatic rings. The molecule has 1 unspecified atom stereocenters. The maximum atomic E-state index is 12.9. The Morgan fingerprint density at radius 2 is 0.824 bits per heavy atom. The van der Waals surface area contributed by atoms with E-state index in [0.29, 0.717) is 34.5 Å². The maximum Gasteiger partial charge on any atom is 0.416 e. The van der Waals surface area contributed by atoms with Crippen LogP contribution >= 0.6 is 0 Å². The summed E-state index contributed by atoms with van der Waals surface area (Å²) in [6.07, 6.45) is -3.39. The van der Waals surface area contributed by atoms with Gasteiger partial charge in [-0.1, -0.05) is 79.7 Å². The van der Waals surface area contributed by atoms with E-state index in [1.807, 2.05) is 78.9 Å². The zero-order valence-electron chi connectivity index (χ0n) is 27.8. The average molecular weight is 680 g/mol. The first-order valence-electron chi connectivity index (χ1n) is 16.5. The van der Waals surface area contributed by atoms with Crippen molar-refractivity contribution >= 4 is 72.1 Å². The Kier molecular flexibility index (Phi) is 9.30. The quantitative estimate of drug-likeness (QED) is 0.151. The number of halogens is 3. The Morgan fingerprint density at radius 3 is 1.22 bits per heavy atom. The molecular weight excluding hydrogens is 647 g/mol. The second-order valence-electron chi connectivity index (χ2n) is 12.1. The lowest BCUT2D eigenvalue weighted by molar-refractivity contribution is -0.137. The number of rotatable bonds is 9. The molecule has 7 rings (SSSR count). The van der Waals surface area contributed by atoms with E-state index in [1.165, 1.54) is 12.1 Å². The van der Waals surface area contributed by atoms with Gasteiger partial charge in [-0.05, 0) is 74.0 Å². The monoisotopic (exact) mass is 679 g/mol. The second kappa shape index (κ2) is 14.3. The van der Waals surface area contributed by atoms with Crippen molar-refractivity contribution in [1.82, 2.24) is 0 Å². The van der Waals surface area contributed by atoms with Crippen LogP contribution in [0.4, 0.5) is 53.0 Å². The predicted octanol–water partition coefficient (Wildman–Crippen LogP) is 14.6. The standard InChI is InChI=1S/C41H32F3N7/c1-3-26(2)45-35-20-21-37(30-11-5-4-10-29(30)35)48-49-39-24-25-40(34-15-9-8-14-33(34)39)51-50-38-23-22-36(31-12-6-7-13-32(31)38)47-46-28-18-16-27(17-19-28)41(42,43)44/h4-26,45H,3H2,1-2H3. The summed E-state index contributed by atoms with van der Waals surface area (Å²) in [5.41, 5.74) is 3.99. The van der Waals surface area contributed by atoms with Gasteiger partial charge in [-0.2, -0.15) is 18.3 Å². The first kappa shape index (κ1) is 33.2. The summed E-state index contributed by atoms with van der Waals surface area (Å²) < 4.78 is 38.8. The van der Waals surface area contributed by atoms with Crippen LogP contribution in [0.25, 0.3) is 32.3 Å². The van der Waals surface area contributed by atoms with Crippen molar-refractivity contribution in [2.24, 2.45) is 30.7 Å². The van der Waals surface area contributed by atoms with Crippen molar-refractivity contribution in [3.8, 4) is 0 Å². The highest BCUT2D eigenvalue weighted by Crippen LogP contribution is 2.39. The van der Waals surface area contributed by atoms with Gasteiger partial charge >= 0.3 is 6.18 Å². The SMILES string of the molecule is CCC(C)Nc1ccc(N=Nc2ccc(N=Nc3ccc(N=Nc4ccc(C(F)(F)F)cc4)c4ccccc34)c3ccccc23)c2ccccc12. The van der Waals surface area contributed by atoms with Crippen molar-refractivity contribution in [2.45, 2.75) is 32.5 Å². The van der Waals surface area contributed by atoms with Crippen molar-refractivity contribution < 1.29 is 13.2 Å². The topological polar surface area (TPSA) is 86.2 Å². The van der Waals surface area contributed by atoms with Gasteiger partial charge in [-0.3, -0.25) is 0 Å². The molecule has 252 valence electrons. The zero-order chi connectivity index (χ0) is 35.4. The largest absolute Gasteiger partial charge is 0.416 e. The zero-order valence-corrected chi connectivity index (χ0v) is 27.8. The number of alkyl halides is 3. The van der Waals surface area contributed by atoms with Crippen LogP contribution in [0, 0.1) is 0 Å². The van der Waals surface area contributed by atoms with E-state index in [4.69, 9.17) is 5.11 Å². The molecule has 0 spiro atoms. The van der Waals surface area contributed by atoms with Crippen LogP contribution in [-0.2, 0) is 6.18 Å². The van der Waals surface area contributed by atoms with Crippen LogP contribution in [0.3, 0.4) is 0 Å². The lowest BCUT2D eigenvalue weighted by Crippen LogP contribution is -2.13. The summed E-state index contributed by atoms with van der Waals surface area (Å²) in [4.78, 5) is 0. The maximum absolute atomic E-state index is 12.9. The number of hydrogen-bond donors (Lipinski definition) is 1. The molecule has 7 aromatic rings. The molecule has 0 radical (unpaired) electrons. The summed E-state index contributed by atoms with van der Waals surface area (Å²) in [5.74, 6) is 0. The highest BCUT2D eigenvalue weighted by Gasteiger charge is 2.30. The molecule has 0 bridgehead atoms. The molecule has 7 nitrogen and oxygen atoms in total. The molecular formula is C41H32F3N7. The van der Waals surface area contributed by atoms with Gasteiger partial charge in [-0.25, -0.2) is 0 Å². The van der Waals surface area contributed by atoms with Gasteiger partial charge in [0.05, 0.1) is 39.7 Å². The molecule has 0 saturated heterocycles. The normalized spacial score (nSPS) is 13.0. The van der Waals surface area contributed by atoms with Crippen molar-refractivity contribution in [1.29, 1.82) is 0 Å². The minimum Gasteiger partial charge on any atom is -0.382 e. The Balaban J connectivity index is 1.17. The second-order valence-corrected chi connectivity index (χ2v) is 12.1. The predicted molar refractivity (Wildman–Crippen MR) is 199 cm³/mol. The number of anilines is 1. The molecule has 0 saturated carbocycles. The fraction of sp³-hybridized carbons (Fsp3) is 0.122. The van der Waals surface area contributed by atoms with Gasteiger partial charge in [0.15, 0.2) is 0 Å². The minimum absolute atomic E-state index is 0.311. The molecule has 0 aliphatic carbocycles. The summed E-state index contributed by atoms with van der Waals surface area (Å²) in [7, 11) is 0. The van der Waals surface area contributed by atoms with Gasteiger partial charge in [0, 0.05) is 44.0 Å². The highest BCUT2D eigenvalue weighted by atomic mass is 19.4. The first-order chi connectivity index (χ1) is 24.8. The third-order valence-electron chi connectivity index (χ3n) is 8.67. The van der Waals surface area contributed by atoms with Crippen LogP contribution in [0.5, 0.6) is 0 Å². The third kappa shape index (κ3) is 7.21. The number of nitrogens with zero attached hydrogens (tertiary/aromatic N) is 6. The third-order valence-corrected chi connectivity index (χ3v) is 8.67. The first-order valence-corrected chi connectivity index (χ1v) is 16.5. The molecule has 10 heteroatoms. The van der Waals surface area contributed by atoms with Crippen molar-refractivity contribution in [3.05, 3.63) is 139 Å². The number of hydrogen-bond acceptors (Lipinski definition) is 7. The summed E-state index contributed by atoms with van der Waals surface area (Å²) in [6.45, 7) is 4.33. The van der Waals surface area contributed by atoms with Crippen LogP contribution in [-0.4, -0.2) is 6.04 Å². The molecule has 0 aromatic heterocycles. The van der Waals surface area contributed by atoms with Crippen LogP contribution in [0.1, 0.15) is 25.8 Å². The number of fused-ring (bicyclic) bond motifs is 3. The molecule has 1 N–H and O–H groups in total. The van der Waals surface area contributed by atoms with E-state index in [2.05, 4.69) is 62.9 Å². The van der Waals surface area contributed by atoms with Crippen LogP contribution in [0.2, 0.25) is 0 Å². The lowest BCUT2D eigenvalue weighted by atomic mass is 10.1. The Bertz CT molecular complexity index is 2450. The van der Waals surface area contributed by atoms with Gasteiger partial charge in [-0.15, -0.1) is 25.6 Å². The molecule has 0 heterocycles. The molecule has 0 fully saturated rings. The number of nitrogens with one attached hydrogen (secondary N) is 1. The number of benzene rings is 7. The summed E-state index contributed by atoms with van der Waals surface area (Å²) in [5, 5.41) is 36.2. The Labute approximate surface area is 292 Å². The molecule has 0 amide bonds. The van der Waals surface area contributed by atoms with Crippen molar-refractivity contribution in [3.63, 3.8) is 0 Å². The van der Waals surface area contributed by atoms with Crippen LogP contribution < -0.4 is 5.32 Å². The molecule has 51 heavy (non-hydrogen) atoms. The van der Waals surface area contributed by atoms with Crippen LogP contribution in [0.15, 0.2) is 164 Å². The van der Waals surface area contributed by atoms with E-state index < -0.39 is 11.7 Å². The van der Waals surface area contributed by atoms with Gasteiger partial charge in [0.1, 0.15) is 0 Å². The van der Waals surface area contributed by atoms with E-state index in [0.717, 1.165) is 62.2 Å². The molecule has 0 aliphatic heterocycles. The van der Waals surface area contributed by atoms with Crippen molar-refractivity contribution in [2.75, 3.05) is 5.32 Å².